The van der Waals surface area contributed by atoms with Crippen LogP contribution >= 0.6 is 0 Å². The van der Waals surface area contributed by atoms with Crippen LogP contribution in [0.25, 0.3) is 10.9 Å². The van der Waals surface area contributed by atoms with Crippen molar-refractivity contribution < 1.29 is 42.2 Å². The molecule has 0 radical (unpaired) electrons. The molecule has 1 aromatic heterocycles. The van der Waals surface area contributed by atoms with Gasteiger partial charge in [0.25, 0.3) is 17.7 Å². The summed E-state index contributed by atoms with van der Waals surface area (Å²) in [5, 5.41) is 17.4. The molecular formula is C48H49F2N9O7. The maximum Gasteiger partial charge on any atom is 0.329 e. The number of carbonyl (C=O) groups excluding carboxylic acids is 4. The van der Waals surface area contributed by atoms with Crippen molar-refractivity contribution in [3.63, 3.8) is 0 Å². The monoisotopic (exact) mass is 901 g/mol. The van der Waals surface area contributed by atoms with Gasteiger partial charge in [0.1, 0.15) is 11.5 Å². The van der Waals surface area contributed by atoms with Gasteiger partial charge in [0.15, 0.2) is 17.3 Å². The summed E-state index contributed by atoms with van der Waals surface area (Å²) in [6, 6.07) is 22.8. The Morgan fingerprint density at radius 2 is 1.68 bits per heavy atom. The molecule has 4 aliphatic heterocycles. The van der Waals surface area contributed by atoms with Gasteiger partial charge in [-0.2, -0.15) is 10.4 Å². The number of fused-ring (bicyclic) bond motifs is 2. The molecule has 0 bridgehead atoms. The standard InChI is InChI=1S/C48H49F2N9O7/c1-4-65-40-26-31(10-15-39(40)64-3)36(16-19-51)59-45(61)35-6-5-7-37(43(35)46(59)62)56-22-24-57(25-23-56)41-17-20-55(29-48(41,49)50)28-30-8-11-32(12-9-30)66-33-13-14-34-38(27-33)54(2)53-44(34)58-21-18-42(60)52-47(58)63/h5-15,26-27,36,41H,4,16-18,20-25,28-29H2,1-3H3,(H,52,60,63)/t36-,41-/m1/s1. The molecule has 4 aliphatic rings. The zero-order valence-electron chi connectivity index (χ0n) is 36.8. The van der Waals surface area contributed by atoms with Crippen LogP contribution in [0.5, 0.6) is 23.0 Å². The Morgan fingerprint density at radius 3 is 2.39 bits per heavy atom. The Balaban J connectivity index is 0.805. The van der Waals surface area contributed by atoms with E-state index < -0.39 is 35.9 Å². The number of imide groups is 2. The number of alkyl halides is 2. The number of nitrogens with zero attached hydrogens (tertiary/aromatic N) is 8. The number of amides is 5. The van der Waals surface area contributed by atoms with Gasteiger partial charge in [-0.25, -0.2) is 13.6 Å². The second-order valence-electron chi connectivity index (χ2n) is 16.8. The summed E-state index contributed by atoms with van der Waals surface area (Å²) < 4.78 is 51.0. The normalized spacial score (nSPS) is 19.5. The molecule has 0 saturated carbocycles. The highest BCUT2D eigenvalue weighted by Gasteiger charge is 2.48. The molecule has 18 heteroatoms. The average molecular weight is 902 g/mol. The Morgan fingerprint density at radius 1 is 0.909 bits per heavy atom. The fourth-order valence-corrected chi connectivity index (χ4v) is 9.61. The van der Waals surface area contributed by atoms with Crippen LogP contribution in [0.1, 0.15) is 64.1 Å². The van der Waals surface area contributed by atoms with Gasteiger partial charge in [-0.3, -0.25) is 44.0 Å². The second-order valence-corrected chi connectivity index (χ2v) is 16.8. The zero-order valence-corrected chi connectivity index (χ0v) is 36.8. The number of aromatic nitrogens is 2. The van der Waals surface area contributed by atoms with E-state index in [2.05, 4.69) is 16.5 Å². The number of ether oxygens (including phenoxy) is 3. The van der Waals surface area contributed by atoms with Crippen molar-refractivity contribution in [2.24, 2.45) is 7.05 Å². The topological polar surface area (TPSA) is 166 Å². The van der Waals surface area contributed by atoms with E-state index in [0.29, 0.717) is 85.9 Å². The second kappa shape index (κ2) is 18.1. The van der Waals surface area contributed by atoms with E-state index in [1.165, 1.54) is 12.0 Å². The van der Waals surface area contributed by atoms with Crippen molar-refractivity contribution in [2.45, 2.75) is 50.7 Å². The molecule has 66 heavy (non-hydrogen) atoms. The minimum atomic E-state index is -2.97. The number of piperazine rings is 1. The van der Waals surface area contributed by atoms with E-state index in [9.17, 15) is 24.4 Å². The van der Waals surface area contributed by atoms with Crippen LogP contribution < -0.4 is 29.3 Å². The smallest absolute Gasteiger partial charge is 0.329 e. The zero-order chi connectivity index (χ0) is 46.3. The van der Waals surface area contributed by atoms with Crippen molar-refractivity contribution in [3.8, 4) is 29.1 Å². The number of piperidine rings is 1. The summed E-state index contributed by atoms with van der Waals surface area (Å²) in [6.07, 6.45) is 0.343. The number of aryl methyl sites for hydroxylation is 1. The number of nitriles is 1. The third-order valence-electron chi connectivity index (χ3n) is 12.8. The Labute approximate surface area is 379 Å². The molecule has 5 heterocycles. The van der Waals surface area contributed by atoms with Crippen molar-refractivity contribution in [1.29, 1.82) is 5.26 Å². The lowest BCUT2D eigenvalue weighted by Gasteiger charge is -2.46. The van der Waals surface area contributed by atoms with Crippen LogP contribution in [0, 0.1) is 11.3 Å². The van der Waals surface area contributed by atoms with E-state index >= 15 is 8.78 Å². The third-order valence-corrected chi connectivity index (χ3v) is 12.8. The Bertz CT molecular complexity index is 2750. The van der Waals surface area contributed by atoms with Crippen molar-refractivity contribution >= 4 is 46.2 Å². The van der Waals surface area contributed by atoms with Gasteiger partial charge in [0.2, 0.25) is 5.91 Å². The van der Waals surface area contributed by atoms with Gasteiger partial charge in [-0.05, 0) is 73.0 Å². The number of likely N-dealkylation sites (tertiary alicyclic amines) is 1. The predicted molar refractivity (Wildman–Crippen MR) is 239 cm³/mol. The lowest BCUT2D eigenvalue weighted by atomic mass is 9.97. The van der Waals surface area contributed by atoms with Gasteiger partial charge in [0.05, 0.1) is 67.2 Å². The summed E-state index contributed by atoms with van der Waals surface area (Å²) in [6.45, 7) is 4.36. The lowest BCUT2D eigenvalue weighted by Crippen LogP contribution is -2.61. The fourth-order valence-electron chi connectivity index (χ4n) is 9.61. The highest BCUT2D eigenvalue weighted by atomic mass is 19.3. The predicted octanol–water partition coefficient (Wildman–Crippen LogP) is 6.50. The summed E-state index contributed by atoms with van der Waals surface area (Å²) >= 11 is 0. The number of anilines is 2. The van der Waals surface area contributed by atoms with Crippen LogP contribution in [-0.2, 0) is 18.4 Å². The van der Waals surface area contributed by atoms with E-state index in [-0.39, 0.29) is 49.4 Å². The third kappa shape index (κ3) is 8.35. The number of carbonyl (C=O) groups is 4. The largest absolute Gasteiger partial charge is 0.493 e. The van der Waals surface area contributed by atoms with Gasteiger partial charge >= 0.3 is 6.03 Å². The number of hydrogen-bond acceptors (Lipinski definition) is 12. The van der Waals surface area contributed by atoms with Gasteiger partial charge in [-0.1, -0.05) is 24.3 Å². The number of benzene rings is 4. The van der Waals surface area contributed by atoms with Gasteiger partial charge in [-0.15, -0.1) is 0 Å². The minimum absolute atomic E-state index is 0.129. The highest BCUT2D eigenvalue weighted by Crippen LogP contribution is 2.41. The molecule has 5 aromatic rings. The van der Waals surface area contributed by atoms with Crippen molar-refractivity contribution in [3.05, 3.63) is 101 Å². The SMILES string of the molecule is CCOc1cc([C@@H](CC#N)N2C(=O)c3cccc(N4CCN([C@@H]5CCN(Cc6ccc(Oc7ccc8c(N9CCC(=O)NC9=O)nn(C)c8c7)cc6)CC5(F)F)CC4)c3C2=O)ccc1OC. The molecule has 16 nitrogen and oxygen atoms in total. The number of urea groups is 1. The molecule has 3 saturated heterocycles. The molecular weight excluding hydrogens is 853 g/mol. The lowest BCUT2D eigenvalue weighted by molar-refractivity contribution is -0.129. The number of rotatable bonds is 13. The summed E-state index contributed by atoms with van der Waals surface area (Å²) in [5.41, 5.74) is 3.23. The Kier molecular flexibility index (Phi) is 12.1. The van der Waals surface area contributed by atoms with Crippen LogP contribution in [0.15, 0.2) is 78.9 Å². The molecule has 2 atom stereocenters. The van der Waals surface area contributed by atoms with Crippen LogP contribution in [0.4, 0.5) is 25.1 Å². The van der Waals surface area contributed by atoms with E-state index in [1.807, 2.05) is 41.0 Å². The number of methoxy groups -OCH3 is 1. The molecule has 1 N–H and O–H groups in total. The van der Waals surface area contributed by atoms with E-state index in [4.69, 9.17) is 14.2 Å². The molecule has 0 unspecified atom stereocenters. The molecule has 3 fully saturated rings. The number of halogens is 2. The highest BCUT2D eigenvalue weighted by molar-refractivity contribution is 6.24. The average Bonchev–Trinajstić information content (AvgIpc) is 3.76. The maximum absolute atomic E-state index is 16.0. The number of hydrogen-bond donors (Lipinski definition) is 1. The van der Waals surface area contributed by atoms with Crippen LogP contribution in [0.2, 0.25) is 0 Å². The van der Waals surface area contributed by atoms with Crippen molar-refractivity contribution in [2.75, 3.05) is 69.3 Å². The van der Waals surface area contributed by atoms with Crippen LogP contribution in [0.3, 0.4) is 0 Å². The first-order chi connectivity index (χ1) is 31.9. The van der Waals surface area contributed by atoms with Crippen LogP contribution in [-0.4, -0.2) is 120 Å². The minimum Gasteiger partial charge on any atom is -0.493 e. The molecule has 9 rings (SSSR count). The molecule has 0 spiro atoms. The van der Waals surface area contributed by atoms with Crippen molar-refractivity contribution in [1.82, 2.24) is 29.8 Å². The van der Waals surface area contributed by atoms with E-state index in [0.717, 1.165) is 21.4 Å². The first kappa shape index (κ1) is 44.1. The fraction of sp³-hybridized carbons (Fsp3) is 0.375. The maximum atomic E-state index is 16.0. The molecule has 0 aliphatic carbocycles. The quantitative estimate of drug-likeness (QED) is 0.128. The molecule has 342 valence electrons. The number of nitrogens with one attached hydrogen (secondary N) is 1. The molecule has 5 amide bonds. The summed E-state index contributed by atoms with van der Waals surface area (Å²) in [4.78, 5) is 60.5. The van der Waals surface area contributed by atoms with Gasteiger partial charge in [0, 0.05) is 70.7 Å². The molecule has 4 aromatic carbocycles. The Hall–Kier alpha value is -7.10. The van der Waals surface area contributed by atoms with Gasteiger partial charge < -0.3 is 19.1 Å². The first-order valence-electron chi connectivity index (χ1n) is 22.0. The first-order valence-corrected chi connectivity index (χ1v) is 22.0. The summed E-state index contributed by atoms with van der Waals surface area (Å²) in [5.74, 6) is -1.80. The summed E-state index contributed by atoms with van der Waals surface area (Å²) in [7, 11) is 3.28. The van der Waals surface area contributed by atoms with E-state index in [1.54, 1.807) is 71.2 Å².